The lowest BCUT2D eigenvalue weighted by atomic mass is 10.2. The first-order valence-electron chi connectivity index (χ1n) is 9.83. The second-order valence-electron chi connectivity index (χ2n) is 7.17. The Hall–Kier alpha value is -3.29. The standard InChI is InChI=1S/C24H20ClN3O3S/c1-15-5-2-3-8-21(15)28-23(30)19-10-9-17(25)12-20(19)27-24(28)32-14-16-6-4-7-18(11-16)31-13-22(26)29/h2-12H,13-14H2,1H3,(H2,26,29). The third kappa shape index (κ3) is 4.79. The van der Waals surface area contributed by atoms with Gasteiger partial charge in [-0.15, -0.1) is 0 Å². The van der Waals surface area contributed by atoms with Crippen LogP contribution < -0.4 is 16.0 Å². The summed E-state index contributed by atoms with van der Waals surface area (Å²) in [6, 6.07) is 20.2. The van der Waals surface area contributed by atoms with Crippen LogP contribution in [0.1, 0.15) is 11.1 Å². The van der Waals surface area contributed by atoms with Crippen molar-refractivity contribution in [1.82, 2.24) is 9.55 Å². The summed E-state index contributed by atoms with van der Waals surface area (Å²) >= 11 is 7.58. The van der Waals surface area contributed by atoms with Crippen molar-refractivity contribution in [3.8, 4) is 11.4 Å². The molecule has 0 unspecified atom stereocenters. The smallest absolute Gasteiger partial charge is 0.266 e. The molecule has 0 aliphatic rings. The van der Waals surface area contributed by atoms with Gasteiger partial charge in [0.15, 0.2) is 11.8 Å². The lowest BCUT2D eigenvalue weighted by molar-refractivity contribution is -0.119. The van der Waals surface area contributed by atoms with Gasteiger partial charge >= 0.3 is 0 Å². The van der Waals surface area contributed by atoms with E-state index in [-0.39, 0.29) is 12.2 Å². The van der Waals surface area contributed by atoms with Gasteiger partial charge in [-0.05, 0) is 54.4 Å². The highest BCUT2D eigenvalue weighted by molar-refractivity contribution is 7.98. The lowest BCUT2D eigenvalue weighted by Crippen LogP contribution is -2.22. The highest BCUT2D eigenvalue weighted by atomic mass is 35.5. The molecule has 3 aromatic carbocycles. The number of nitrogens with two attached hydrogens (primary N) is 1. The van der Waals surface area contributed by atoms with Gasteiger partial charge in [0.25, 0.3) is 11.5 Å². The molecule has 0 spiro atoms. The number of hydrogen-bond acceptors (Lipinski definition) is 5. The number of benzene rings is 3. The first-order valence-corrected chi connectivity index (χ1v) is 11.2. The molecule has 0 aliphatic heterocycles. The minimum absolute atomic E-state index is 0.151. The van der Waals surface area contributed by atoms with Crippen LogP contribution in [-0.4, -0.2) is 22.1 Å². The van der Waals surface area contributed by atoms with Crippen molar-refractivity contribution in [3.63, 3.8) is 0 Å². The molecule has 1 heterocycles. The highest BCUT2D eigenvalue weighted by Gasteiger charge is 2.15. The molecule has 0 radical (unpaired) electrons. The minimum atomic E-state index is -0.536. The van der Waals surface area contributed by atoms with Crippen LogP contribution in [-0.2, 0) is 10.5 Å². The first kappa shape index (κ1) is 21.9. The van der Waals surface area contributed by atoms with Crippen LogP contribution in [0.3, 0.4) is 0 Å². The number of amides is 1. The highest BCUT2D eigenvalue weighted by Crippen LogP contribution is 2.27. The van der Waals surface area contributed by atoms with Crippen molar-refractivity contribution in [2.45, 2.75) is 17.8 Å². The van der Waals surface area contributed by atoms with Crippen molar-refractivity contribution in [3.05, 3.63) is 93.2 Å². The Balaban J connectivity index is 1.74. The first-order chi connectivity index (χ1) is 15.4. The van der Waals surface area contributed by atoms with Crippen LogP contribution in [0.2, 0.25) is 5.02 Å². The molecule has 0 saturated carbocycles. The topological polar surface area (TPSA) is 87.2 Å². The van der Waals surface area contributed by atoms with Crippen molar-refractivity contribution in [2.75, 3.05) is 6.61 Å². The predicted molar refractivity (Wildman–Crippen MR) is 128 cm³/mol. The molecule has 0 bridgehead atoms. The molecule has 6 nitrogen and oxygen atoms in total. The Morgan fingerprint density at radius 2 is 1.94 bits per heavy atom. The van der Waals surface area contributed by atoms with Gasteiger partial charge < -0.3 is 10.5 Å². The van der Waals surface area contributed by atoms with E-state index < -0.39 is 5.91 Å². The molecule has 0 atom stereocenters. The Bertz CT molecular complexity index is 1370. The molecule has 8 heteroatoms. The molecule has 2 N–H and O–H groups in total. The summed E-state index contributed by atoms with van der Waals surface area (Å²) in [5, 5.41) is 1.58. The Morgan fingerprint density at radius 1 is 1.12 bits per heavy atom. The van der Waals surface area contributed by atoms with E-state index in [0.29, 0.717) is 32.6 Å². The summed E-state index contributed by atoms with van der Waals surface area (Å²) < 4.78 is 7.03. The van der Waals surface area contributed by atoms with E-state index in [4.69, 9.17) is 27.1 Å². The van der Waals surface area contributed by atoms with E-state index in [9.17, 15) is 9.59 Å². The molecule has 1 amide bonds. The third-order valence-corrected chi connectivity index (χ3v) is 6.05. The Labute approximate surface area is 194 Å². The minimum Gasteiger partial charge on any atom is -0.484 e. The number of rotatable bonds is 7. The van der Waals surface area contributed by atoms with Crippen molar-refractivity contribution in [1.29, 1.82) is 0 Å². The van der Waals surface area contributed by atoms with Crippen LogP contribution in [0.5, 0.6) is 5.75 Å². The Morgan fingerprint density at radius 3 is 2.72 bits per heavy atom. The second-order valence-corrected chi connectivity index (χ2v) is 8.55. The number of aryl methyl sites for hydroxylation is 1. The molecule has 1 aromatic heterocycles. The average Bonchev–Trinajstić information content (AvgIpc) is 2.77. The zero-order valence-electron chi connectivity index (χ0n) is 17.2. The summed E-state index contributed by atoms with van der Waals surface area (Å²) in [7, 11) is 0. The molecular formula is C24H20ClN3O3S. The summed E-state index contributed by atoms with van der Waals surface area (Å²) in [4.78, 5) is 29.2. The maximum atomic E-state index is 13.4. The number of carbonyl (C=O) groups excluding carboxylic acids is 1. The number of halogens is 1. The van der Waals surface area contributed by atoms with E-state index in [0.717, 1.165) is 16.8 Å². The van der Waals surface area contributed by atoms with Gasteiger partial charge in [0.05, 0.1) is 16.6 Å². The molecular weight excluding hydrogens is 446 g/mol. The van der Waals surface area contributed by atoms with Gasteiger partial charge in [0, 0.05) is 10.8 Å². The van der Waals surface area contributed by atoms with E-state index in [1.165, 1.54) is 11.8 Å². The average molecular weight is 466 g/mol. The molecule has 162 valence electrons. The number of thioether (sulfide) groups is 1. The van der Waals surface area contributed by atoms with Crippen LogP contribution in [0.25, 0.3) is 16.6 Å². The number of para-hydroxylation sites is 1. The van der Waals surface area contributed by atoms with Crippen LogP contribution in [0.4, 0.5) is 0 Å². The zero-order valence-corrected chi connectivity index (χ0v) is 18.8. The van der Waals surface area contributed by atoms with Gasteiger partial charge in [0.1, 0.15) is 5.75 Å². The largest absolute Gasteiger partial charge is 0.484 e. The number of ether oxygens (including phenoxy) is 1. The monoisotopic (exact) mass is 465 g/mol. The maximum Gasteiger partial charge on any atom is 0.266 e. The summed E-state index contributed by atoms with van der Waals surface area (Å²) in [5.74, 6) is 0.556. The fraction of sp³-hybridized carbons (Fsp3) is 0.125. The second kappa shape index (κ2) is 9.46. The summed E-state index contributed by atoms with van der Waals surface area (Å²) in [6.45, 7) is 1.78. The van der Waals surface area contributed by atoms with Crippen LogP contribution >= 0.6 is 23.4 Å². The molecule has 0 saturated heterocycles. The number of carbonyl (C=O) groups is 1. The number of aromatic nitrogens is 2. The van der Waals surface area contributed by atoms with E-state index in [1.807, 2.05) is 49.4 Å². The number of hydrogen-bond donors (Lipinski definition) is 1. The van der Waals surface area contributed by atoms with Crippen LogP contribution in [0, 0.1) is 6.92 Å². The van der Waals surface area contributed by atoms with Crippen molar-refractivity contribution < 1.29 is 9.53 Å². The lowest BCUT2D eigenvalue weighted by Gasteiger charge is -2.15. The quantitative estimate of drug-likeness (QED) is 0.320. The number of fused-ring (bicyclic) bond motifs is 1. The summed E-state index contributed by atoms with van der Waals surface area (Å²) in [5.41, 5.74) is 8.25. The van der Waals surface area contributed by atoms with Gasteiger partial charge in [0.2, 0.25) is 0 Å². The van der Waals surface area contributed by atoms with Crippen molar-refractivity contribution >= 4 is 40.2 Å². The SMILES string of the molecule is Cc1ccccc1-n1c(SCc2cccc(OCC(N)=O)c2)nc2cc(Cl)ccc2c1=O. The van der Waals surface area contributed by atoms with Crippen LogP contribution in [0.15, 0.2) is 76.7 Å². The van der Waals surface area contributed by atoms with Gasteiger partial charge in [-0.25, -0.2) is 4.98 Å². The predicted octanol–water partition coefficient (Wildman–Crippen LogP) is 4.50. The van der Waals surface area contributed by atoms with Gasteiger partial charge in [-0.3, -0.25) is 14.2 Å². The molecule has 0 fully saturated rings. The van der Waals surface area contributed by atoms with Crippen molar-refractivity contribution in [2.24, 2.45) is 5.73 Å². The normalized spacial score (nSPS) is 10.9. The van der Waals surface area contributed by atoms with Gasteiger partial charge in [-0.1, -0.05) is 53.7 Å². The fourth-order valence-corrected chi connectivity index (χ4v) is 4.40. The zero-order chi connectivity index (χ0) is 22.7. The number of primary amides is 1. The van der Waals surface area contributed by atoms with E-state index in [2.05, 4.69) is 0 Å². The Kier molecular flexibility index (Phi) is 6.48. The number of nitrogens with zero attached hydrogens (tertiary/aromatic N) is 2. The fourth-order valence-electron chi connectivity index (χ4n) is 3.29. The molecule has 32 heavy (non-hydrogen) atoms. The molecule has 0 aliphatic carbocycles. The van der Waals surface area contributed by atoms with E-state index in [1.54, 1.807) is 28.8 Å². The molecule has 4 aromatic rings. The molecule has 4 rings (SSSR count). The van der Waals surface area contributed by atoms with Gasteiger partial charge in [-0.2, -0.15) is 0 Å². The third-order valence-electron chi connectivity index (χ3n) is 4.80. The van der Waals surface area contributed by atoms with E-state index >= 15 is 0 Å². The maximum absolute atomic E-state index is 13.4. The summed E-state index contributed by atoms with van der Waals surface area (Å²) in [6.07, 6.45) is 0.